The Morgan fingerprint density at radius 2 is 1.87 bits per heavy atom. The van der Waals surface area contributed by atoms with E-state index in [-0.39, 0.29) is 12.1 Å². The second-order valence-corrected chi connectivity index (χ2v) is 7.42. The maximum atomic E-state index is 12.2. The van der Waals surface area contributed by atoms with Crippen LogP contribution in [0.15, 0.2) is 0 Å². The summed E-state index contributed by atoms with van der Waals surface area (Å²) in [5, 5.41) is 12.7. The molecular weight excluding hydrogens is 290 g/mol. The molecule has 134 valence electrons. The topological polar surface area (TPSA) is 55.8 Å². The van der Waals surface area contributed by atoms with Crippen LogP contribution in [0.2, 0.25) is 0 Å². The maximum absolute atomic E-state index is 12.2. The first-order chi connectivity index (χ1) is 11.1. The van der Waals surface area contributed by atoms with Crippen molar-refractivity contribution in [3.8, 4) is 0 Å². The molecule has 2 aliphatic rings. The molecule has 1 atom stereocenters. The molecule has 2 N–H and O–H groups in total. The zero-order valence-corrected chi connectivity index (χ0v) is 15.0. The molecule has 2 fully saturated rings. The van der Waals surface area contributed by atoms with Crippen LogP contribution in [0.1, 0.15) is 58.3 Å². The molecule has 0 spiro atoms. The zero-order valence-electron chi connectivity index (χ0n) is 15.0. The van der Waals surface area contributed by atoms with Gasteiger partial charge in [0.25, 0.3) is 0 Å². The van der Waals surface area contributed by atoms with Crippen LogP contribution in [0.3, 0.4) is 0 Å². The van der Waals surface area contributed by atoms with Gasteiger partial charge in [-0.15, -0.1) is 0 Å². The first-order valence-corrected chi connectivity index (χ1v) is 9.49. The van der Waals surface area contributed by atoms with Crippen LogP contribution in [-0.4, -0.2) is 66.3 Å². The molecule has 1 heterocycles. The molecule has 2 amide bonds. The van der Waals surface area contributed by atoms with E-state index in [9.17, 15) is 9.90 Å². The number of carbonyl (C=O) groups excluding carboxylic acids is 1. The standard InChI is InChI=1S/C18H35N3O2/c1-15(22)16-9-13-21(14-10-16)18(23)19-11-6-12-20(2)17-7-4-3-5-8-17/h15-17,22H,3-14H2,1-2H3,(H,19,23). The Kier molecular flexibility index (Phi) is 7.63. The summed E-state index contributed by atoms with van der Waals surface area (Å²) in [6.45, 7) is 5.21. The number of carbonyl (C=O) groups is 1. The van der Waals surface area contributed by atoms with Crippen LogP contribution in [0, 0.1) is 5.92 Å². The number of urea groups is 1. The molecule has 1 saturated carbocycles. The number of amides is 2. The Balaban J connectivity index is 1.56. The number of hydrogen-bond acceptors (Lipinski definition) is 3. The average Bonchev–Trinajstić information content (AvgIpc) is 2.59. The molecule has 1 aliphatic heterocycles. The number of piperidine rings is 1. The highest BCUT2D eigenvalue weighted by Gasteiger charge is 2.25. The van der Waals surface area contributed by atoms with Gasteiger partial charge in [-0.25, -0.2) is 4.79 Å². The second kappa shape index (κ2) is 9.48. The minimum Gasteiger partial charge on any atom is -0.393 e. The van der Waals surface area contributed by atoms with E-state index in [1.54, 1.807) is 0 Å². The van der Waals surface area contributed by atoms with Crippen molar-refractivity contribution in [3.63, 3.8) is 0 Å². The maximum Gasteiger partial charge on any atom is 0.317 e. The van der Waals surface area contributed by atoms with E-state index in [2.05, 4.69) is 17.3 Å². The largest absolute Gasteiger partial charge is 0.393 e. The summed E-state index contributed by atoms with van der Waals surface area (Å²) in [6, 6.07) is 0.813. The minimum atomic E-state index is -0.254. The quantitative estimate of drug-likeness (QED) is 0.738. The highest BCUT2D eigenvalue weighted by atomic mass is 16.3. The summed E-state index contributed by atoms with van der Waals surface area (Å²) >= 11 is 0. The number of nitrogens with one attached hydrogen (secondary N) is 1. The van der Waals surface area contributed by atoms with Gasteiger partial charge in [-0.1, -0.05) is 19.3 Å². The first-order valence-electron chi connectivity index (χ1n) is 9.49. The van der Waals surface area contributed by atoms with Crippen molar-refractivity contribution in [1.82, 2.24) is 15.1 Å². The van der Waals surface area contributed by atoms with Crippen molar-refractivity contribution < 1.29 is 9.90 Å². The molecule has 0 aromatic carbocycles. The molecule has 0 bridgehead atoms. The smallest absolute Gasteiger partial charge is 0.317 e. The normalized spacial score (nSPS) is 22.3. The summed E-state index contributed by atoms with van der Waals surface area (Å²) < 4.78 is 0. The van der Waals surface area contributed by atoms with E-state index in [0.717, 1.165) is 51.5 Å². The summed E-state index contributed by atoms with van der Waals surface area (Å²) in [5.41, 5.74) is 0. The summed E-state index contributed by atoms with van der Waals surface area (Å²) in [5.74, 6) is 0.350. The van der Waals surface area contributed by atoms with Crippen molar-refractivity contribution in [2.45, 2.75) is 70.4 Å². The van der Waals surface area contributed by atoms with Crippen molar-refractivity contribution in [2.75, 3.05) is 33.2 Å². The third-order valence-electron chi connectivity index (χ3n) is 5.67. The van der Waals surface area contributed by atoms with Crippen LogP contribution >= 0.6 is 0 Å². The minimum absolute atomic E-state index is 0.0642. The predicted octanol–water partition coefficient (Wildman–Crippen LogP) is 2.44. The highest BCUT2D eigenvalue weighted by molar-refractivity contribution is 5.74. The fourth-order valence-corrected chi connectivity index (χ4v) is 3.92. The van der Waals surface area contributed by atoms with E-state index in [0.29, 0.717) is 5.92 Å². The van der Waals surface area contributed by atoms with Crippen LogP contribution in [0.5, 0.6) is 0 Å². The van der Waals surface area contributed by atoms with Crippen LogP contribution in [0.4, 0.5) is 4.79 Å². The van der Waals surface area contributed by atoms with E-state index in [4.69, 9.17) is 0 Å². The lowest BCUT2D eigenvalue weighted by Gasteiger charge is -2.33. The Morgan fingerprint density at radius 1 is 1.22 bits per heavy atom. The lowest BCUT2D eigenvalue weighted by atomic mass is 9.92. The van der Waals surface area contributed by atoms with Gasteiger partial charge in [-0.2, -0.15) is 0 Å². The number of aliphatic hydroxyl groups is 1. The Labute approximate surface area is 141 Å². The number of aliphatic hydroxyl groups excluding tert-OH is 1. The molecule has 0 radical (unpaired) electrons. The van der Waals surface area contributed by atoms with Crippen LogP contribution in [-0.2, 0) is 0 Å². The Hall–Kier alpha value is -0.810. The summed E-state index contributed by atoms with van der Waals surface area (Å²) in [4.78, 5) is 16.5. The fourth-order valence-electron chi connectivity index (χ4n) is 3.92. The lowest BCUT2D eigenvalue weighted by molar-refractivity contribution is 0.0798. The van der Waals surface area contributed by atoms with Gasteiger partial charge in [0.05, 0.1) is 6.10 Å². The highest BCUT2D eigenvalue weighted by Crippen LogP contribution is 2.22. The third kappa shape index (κ3) is 5.96. The molecular formula is C18H35N3O2. The van der Waals surface area contributed by atoms with Crippen molar-refractivity contribution >= 4 is 6.03 Å². The molecule has 1 saturated heterocycles. The SMILES string of the molecule is CC(O)C1CCN(C(=O)NCCCN(C)C2CCCCC2)CC1. The van der Waals surface area contributed by atoms with Gasteiger partial charge in [-0.3, -0.25) is 0 Å². The van der Waals surface area contributed by atoms with E-state index in [1.807, 2.05) is 11.8 Å². The average molecular weight is 325 g/mol. The van der Waals surface area contributed by atoms with Gasteiger partial charge in [-0.05, 0) is 58.5 Å². The molecule has 2 rings (SSSR count). The van der Waals surface area contributed by atoms with E-state index in [1.165, 1.54) is 32.1 Å². The fraction of sp³-hybridized carbons (Fsp3) is 0.944. The van der Waals surface area contributed by atoms with Gasteiger partial charge < -0.3 is 20.2 Å². The predicted molar refractivity (Wildman–Crippen MR) is 93.5 cm³/mol. The van der Waals surface area contributed by atoms with Gasteiger partial charge in [0, 0.05) is 25.7 Å². The van der Waals surface area contributed by atoms with Gasteiger partial charge in [0.2, 0.25) is 0 Å². The molecule has 1 unspecified atom stereocenters. The monoisotopic (exact) mass is 325 g/mol. The molecule has 0 aromatic heterocycles. The molecule has 1 aliphatic carbocycles. The van der Waals surface area contributed by atoms with Gasteiger partial charge >= 0.3 is 6.03 Å². The number of likely N-dealkylation sites (tertiary alicyclic amines) is 1. The summed E-state index contributed by atoms with van der Waals surface area (Å²) in [7, 11) is 2.22. The lowest BCUT2D eigenvalue weighted by Crippen LogP contribution is -2.46. The van der Waals surface area contributed by atoms with Crippen molar-refractivity contribution in [3.05, 3.63) is 0 Å². The molecule has 0 aromatic rings. The first kappa shape index (κ1) is 18.5. The molecule has 23 heavy (non-hydrogen) atoms. The van der Waals surface area contributed by atoms with Gasteiger partial charge in [0.1, 0.15) is 0 Å². The summed E-state index contributed by atoms with van der Waals surface area (Å²) in [6.07, 6.45) is 9.39. The Morgan fingerprint density at radius 3 is 2.48 bits per heavy atom. The second-order valence-electron chi connectivity index (χ2n) is 7.42. The number of hydrogen-bond donors (Lipinski definition) is 2. The van der Waals surface area contributed by atoms with E-state index < -0.39 is 0 Å². The number of rotatable bonds is 6. The van der Waals surface area contributed by atoms with Crippen molar-refractivity contribution in [1.29, 1.82) is 0 Å². The van der Waals surface area contributed by atoms with Crippen LogP contribution < -0.4 is 5.32 Å². The zero-order chi connectivity index (χ0) is 16.7. The Bertz CT molecular complexity index is 348. The number of nitrogens with zero attached hydrogens (tertiary/aromatic N) is 2. The van der Waals surface area contributed by atoms with Crippen LogP contribution in [0.25, 0.3) is 0 Å². The van der Waals surface area contributed by atoms with Crippen molar-refractivity contribution in [2.24, 2.45) is 5.92 Å². The molecule has 5 nitrogen and oxygen atoms in total. The van der Waals surface area contributed by atoms with Gasteiger partial charge in [0.15, 0.2) is 0 Å². The third-order valence-corrected chi connectivity index (χ3v) is 5.67. The molecule has 5 heteroatoms. The van der Waals surface area contributed by atoms with E-state index >= 15 is 0 Å².